The maximum atomic E-state index is 12.3. The maximum absolute atomic E-state index is 12.3. The molecule has 0 saturated heterocycles. The SMILES string of the molecule is Cc1ccccc1S(=O)(=O)NCc1c[nH]c2ncccc12. The second kappa shape index (κ2) is 5.31. The van der Waals surface area contributed by atoms with Crippen molar-refractivity contribution in [1.29, 1.82) is 0 Å². The first-order chi connectivity index (χ1) is 10.1. The van der Waals surface area contributed by atoms with Crippen molar-refractivity contribution in [2.45, 2.75) is 18.4 Å². The third kappa shape index (κ3) is 2.68. The Morgan fingerprint density at radius 1 is 1.19 bits per heavy atom. The number of sulfonamides is 1. The van der Waals surface area contributed by atoms with Gasteiger partial charge in [0.1, 0.15) is 5.65 Å². The highest BCUT2D eigenvalue weighted by Gasteiger charge is 2.16. The zero-order chi connectivity index (χ0) is 14.9. The highest BCUT2D eigenvalue weighted by atomic mass is 32.2. The molecule has 0 amide bonds. The second-order valence-corrected chi connectivity index (χ2v) is 6.54. The Morgan fingerprint density at radius 3 is 2.81 bits per heavy atom. The first-order valence-electron chi connectivity index (χ1n) is 6.54. The van der Waals surface area contributed by atoms with Gasteiger partial charge >= 0.3 is 0 Å². The fourth-order valence-electron chi connectivity index (χ4n) is 2.27. The predicted octanol–water partition coefficient (Wildman–Crippen LogP) is 2.35. The summed E-state index contributed by atoms with van der Waals surface area (Å²) < 4.78 is 27.3. The topological polar surface area (TPSA) is 74.8 Å². The standard InChI is InChI=1S/C15H15N3O2S/c1-11-5-2-3-7-14(11)21(19,20)18-10-12-9-17-15-13(12)6-4-8-16-15/h2-9,18H,10H2,1H3,(H,16,17). The van der Waals surface area contributed by atoms with Gasteiger partial charge in [0, 0.05) is 24.3 Å². The van der Waals surface area contributed by atoms with Crippen LogP contribution in [-0.2, 0) is 16.6 Å². The van der Waals surface area contributed by atoms with Gasteiger partial charge in [0.25, 0.3) is 0 Å². The summed E-state index contributed by atoms with van der Waals surface area (Å²) in [6, 6.07) is 10.7. The van der Waals surface area contributed by atoms with Crippen LogP contribution in [0.4, 0.5) is 0 Å². The number of pyridine rings is 1. The molecular weight excluding hydrogens is 286 g/mol. The quantitative estimate of drug-likeness (QED) is 0.776. The van der Waals surface area contributed by atoms with Crippen molar-refractivity contribution in [3.8, 4) is 0 Å². The number of fused-ring (bicyclic) bond motifs is 1. The maximum Gasteiger partial charge on any atom is 0.241 e. The minimum absolute atomic E-state index is 0.225. The summed E-state index contributed by atoms with van der Waals surface area (Å²) in [5.41, 5.74) is 2.35. The van der Waals surface area contributed by atoms with Crippen LogP contribution in [0.3, 0.4) is 0 Å². The Balaban J connectivity index is 1.86. The number of aryl methyl sites for hydroxylation is 1. The van der Waals surface area contributed by atoms with Gasteiger partial charge in [0.15, 0.2) is 0 Å². The third-order valence-corrected chi connectivity index (χ3v) is 4.93. The minimum atomic E-state index is -3.52. The van der Waals surface area contributed by atoms with Crippen LogP contribution in [0.5, 0.6) is 0 Å². The molecule has 0 aliphatic heterocycles. The monoisotopic (exact) mass is 301 g/mol. The molecule has 2 N–H and O–H groups in total. The molecule has 0 spiro atoms. The van der Waals surface area contributed by atoms with Crippen molar-refractivity contribution >= 4 is 21.1 Å². The molecule has 108 valence electrons. The average molecular weight is 301 g/mol. The van der Waals surface area contributed by atoms with Gasteiger partial charge in [0.05, 0.1) is 4.90 Å². The smallest absolute Gasteiger partial charge is 0.241 e. The molecule has 1 aromatic carbocycles. The Hall–Kier alpha value is -2.18. The van der Waals surface area contributed by atoms with Crippen LogP contribution in [-0.4, -0.2) is 18.4 Å². The zero-order valence-corrected chi connectivity index (χ0v) is 12.3. The van der Waals surface area contributed by atoms with Gasteiger partial charge in [-0.3, -0.25) is 0 Å². The first kappa shape index (κ1) is 13.8. The molecule has 0 bridgehead atoms. The molecule has 3 rings (SSSR count). The van der Waals surface area contributed by atoms with Gasteiger partial charge in [-0.1, -0.05) is 18.2 Å². The molecule has 0 atom stereocenters. The molecule has 0 saturated carbocycles. The van der Waals surface area contributed by atoms with E-state index < -0.39 is 10.0 Å². The number of aromatic nitrogens is 2. The van der Waals surface area contributed by atoms with E-state index in [-0.39, 0.29) is 6.54 Å². The van der Waals surface area contributed by atoms with E-state index in [9.17, 15) is 8.42 Å². The lowest BCUT2D eigenvalue weighted by molar-refractivity contribution is 0.581. The molecule has 0 fully saturated rings. The molecule has 2 heterocycles. The van der Waals surface area contributed by atoms with Crippen molar-refractivity contribution in [1.82, 2.24) is 14.7 Å². The van der Waals surface area contributed by atoms with Gasteiger partial charge < -0.3 is 4.98 Å². The average Bonchev–Trinajstić information content (AvgIpc) is 2.89. The minimum Gasteiger partial charge on any atom is -0.346 e. The lowest BCUT2D eigenvalue weighted by Gasteiger charge is -2.08. The molecule has 3 aromatic rings. The summed E-state index contributed by atoms with van der Waals surface area (Å²) in [5, 5.41) is 0.921. The van der Waals surface area contributed by atoms with Crippen LogP contribution in [0.25, 0.3) is 11.0 Å². The Morgan fingerprint density at radius 2 is 2.00 bits per heavy atom. The normalized spacial score (nSPS) is 11.9. The van der Waals surface area contributed by atoms with Crippen LogP contribution in [0, 0.1) is 6.92 Å². The number of rotatable bonds is 4. The fourth-order valence-corrected chi connectivity index (χ4v) is 3.52. The van der Waals surface area contributed by atoms with Gasteiger partial charge in [-0.25, -0.2) is 18.1 Å². The van der Waals surface area contributed by atoms with Crippen LogP contribution < -0.4 is 4.72 Å². The van der Waals surface area contributed by atoms with E-state index in [1.807, 2.05) is 18.2 Å². The second-order valence-electron chi connectivity index (χ2n) is 4.80. The summed E-state index contributed by atoms with van der Waals surface area (Å²) in [6.45, 7) is 2.01. The number of hydrogen-bond donors (Lipinski definition) is 2. The number of nitrogens with one attached hydrogen (secondary N) is 2. The zero-order valence-electron chi connectivity index (χ0n) is 11.5. The van der Waals surface area contributed by atoms with Gasteiger partial charge in [-0.05, 0) is 36.2 Å². The lowest BCUT2D eigenvalue weighted by atomic mass is 10.2. The molecule has 0 aliphatic carbocycles. The van der Waals surface area contributed by atoms with Crippen molar-refractivity contribution in [3.63, 3.8) is 0 Å². The summed E-state index contributed by atoms with van der Waals surface area (Å²) >= 11 is 0. The van der Waals surface area contributed by atoms with Crippen LogP contribution in [0.1, 0.15) is 11.1 Å². The van der Waals surface area contributed by atoms with E-state index in [2.05, 4.69) is 14.7 Å². The Bertz CT molecular complexity index is 885. The van der Waals surface area contributed by atoms with Crippen molar-refractivity contribution in [3.05, 3.63) is 59.9 Å². The number of benzene rings is 1. The van der Waals surface area contributed by atoms with E-state index in [1.165, 1.54) is 0 Å². The molecule has 2 aromatic heterocycles. The number of H-pyrrole nitrogens is 1. The van der Waals surface area contributed by atoms with Crippen LogP contribution >= 0.6 is 0 Å². The fraction of sp³-hybridized carbons (Fsp3) is 0.133. The summed E-state index contributed by atoms with van der Waals surface area (Å²) in [4.78, 5) is 7.52. The molecular formula is C15H15N3O2S. The van der Waals surface area contributed by atoms with Crippen LogP contribution in [0.15, 0.2) is 53.7 Å². The van der Waals surface area contributed by atoms with Gasteiger partial charge in [0.2, 0.25) is 10.0 Å². The molecule has 21 heavy (non-hydrogen) atoms. The lowest BCUT2D eigenvalue weighted by Crippen LogP contribution is -2.23. The van der Waals surface area contributed by atoms with E-state index in [4.69, 9.17) is 0 Å². The van der Waals surface area contributed by atoms with Crippen molar-refractivity contribution in [2.24, 2.45) is 0 Å². The van der Waals surface area contributed by atoms with Crippen LogP contribution in [0.2, 0.25) is 0 Å². The van der Waals surface area contributed by atoms with E-state index >= 15 is 0 Å². The van der Waals surface area contributed by atoms with E-state index in [0.717, 1.165) is 22.2 Å². The van der Waals surface area contributed by atoms with Gasteiger partial charge in [-0.2, -0.15) is 0 Å². The molecule has 6 heteroatoms. The highest BCUT2D eigenvalue weighted by Crippen LogP contribution is 2.18. The molecule has 5 nitrogen and oxygen atoms in total. The molecule has 0 radical (unpaired) electrons. The summed E-state index contributed by atoms with van der Waals surface area (Å²) in [6.07, 6.45) is 3.47. The van der Waals surface area contributed by atoms with Gasteiger partial charge in [-0.15, -0.1) is 0 Å². The van der Waals surface area contributed by atoms with E-state index in [0.29, 0.717) is 4.90 Å². The largest absolute Gasteiger partial charge is 0.346 e. The summed E-state index contributed by atoms with van der Waals surface area (Å²) in [7, 11) is -3.52. The molecule has 0 unspecified atom stereocenters. The Kier molecular flexibility index (Phi) is 3.48. The Labute approximate surface area is 123 Å². The first-order valence-corrected chi connectivity index (χ1v) is 8.02. The van der Waals surface area contributed by atoms with Crippen molar-refractivity contribution < 1.29 is 8.42 Å². The molecule has 0 aliphatic rings. The summed E-state index contributed by atoms with van der Waals surface area (Å²) in [5.74, 6) is 0. The number of nitrogens with zero attached hydrogens (tertiary/aromatic N) is 1. The predicted molar refractivity (Wildman–Crippen MR) is 81.3 cm³/mol. The van der Waals surface area contributed by atoms with Crippen molar-refractivity contribution in [2.75, 3.05) is 0 Å². The third-order valence-electron chi connectivity index (χ3n) is 3.37. The van der Waals surface area contributed by atoms with E-state index in [1.54, 1.807) is 37.5 Å². The highest BCUT2D eigenvalue weighted by molar-refractivity contribution is 7.89. The number of hydrogen-bond acceptors (Lipinski definition) is 3. The number of aromatic amines is 1.